The molecule has 2 aromatic rings. The fourth-order valence-corrected chi connectivity index (χ4v) is 8.80. The summed E-state index contributed by atoms with van der Waals surface area (Å²) in [7, 11) is 0. The molecule has 0 atom stereocenters. The van der Waals surface area contributed by atoms with Crippen molar-refractivity contribution >= 4 is 41.6 Å². The predicted octanol–water partition coefficient (Wildman–Crippen LogP) is 4.02. The number of anilines is 6. The summed E-state index contributed by atoms with van der Waals surface area (Å²) in [6.45, 7) is 11.4. The molecule has 0 unspecified atom stereocenters. The minimum atomic E-state index is 0.0204. The van der Waals surface area contributed by atoms with Crippen molar-refractivity contribution in [2.24, 2.45) is 5.92 Å². The van der Waals surface area contributed by atoms with Crippen LogP contribution in [0, 0.1) is 5.92 Å². The molecular formula is C37H59N13O. The van der Waals surface area contributed by atoms with Crippen molar-refractivity contribution in [2.45, 2.75) is 109 Å². The van der Waals surface area contributed by atoms with Crippen LogP contribution in [0.1, 0.15) is 103 Å². The Bertz CT molecular complexity index is 1360. The topological polar surface area (TPSA) is 126 Å². The van der Waals surface area contributed by atoms with Crippen LogP contribution < -0.4 is 34.7 Å². The summed E-state index contributed by atoms with van der Waals surface area (Å²) in [4.78, 5) is 57.6. The van der Waals surface area contributed by atoms with E-state index in [1.165, 1.54) is 77.0 Å². The molecule has 8 rings (SSSR count). The number of carbonyl (C=O) groups excluding carboxylic acids is 1. The standard InChI is InChI=1S/C37H59N13O/c51-31(29-13-25-49(26-14-29)36-41-32(45-17-5-1-6-18-45)39-33(42-36)46-19-7-2-8-20-46)38-30-15-27-50(28-16-30)37-43-34(47-21-9-3-10-22-47)40-35(44-37)48-23-11-4-12-24-48/h29-30H,1-28H2,(H,38,51). The highest BCUT2D eigenvalue weighted by atomic mass is 16.2. The van der Waals surface area contributed by atoms with Gasteiger partial charge >= 0.3 is 0 Å². The third kappa shape index (κ3) is 8.35. The van der Waals surface area contributed by atoms with Gasteiger partial charge in [-0.2, -0.15) is 29.9 Å². The van der Waals surface area contributed by atoms with E-state index in [1.54, 1.807) is 0 Å². The molecule has 0 aliphatic carbocycles. The lowest BCUT2D eigenvalue weighted by Gasteiger charge is -2.36. The maximum absolute atomic E-state index is 13.6. The highest BCUT2D eigenvalue weighted by Crippen LogP contribution is 2.29. The number of piperidine rings is 6. The smallest absolute Gasteiger partial charge is 0.231 e. The molecule has 278 valence electrons. The van der Waals surface area contributed by atoms with Crippen molar-refractivity contribution in [3.05, 3.63) is 0 Å². The molecule has 0 radical (unpaired) electrons. The first-order valence-corrected chi connectivity index (χ1v) is 20.5. The first kappa shape index (κ1) is 34.4. The Morgan fingerprint density at radius 3 is 0.922 bits per heavy atom. The van der Waals surface area contributed by atoms with Crippen LogP contribution in [0.25, 0.3) is 0 Å². The van der Waals surface area contributed by atoms with Gasteiger partial charge in [0.2, 0.25) is 41.6 Å². The van der Waals surface area contributed by atoms with Gasteiger partial charge in [0.05, 0.1) is 0 Å². The molecule has 6 aliphatic heterocycles. The predicted molar refractivity (Wildman–Crippen MR) is 202 cm³/mol. The Hall–Kier alpha value is -3.71. The normalized spacial score (nSPS) is 23.1. The molecule has 14 heteroatoms. The van der Waals surface area contributed by atoms with E-state index in [4.69, 9.17) is 29.9 Å². The van der Waals surface area contributed by atoms with E-state index >= 15 is 0 Å². The fourth-order valence-electron chi connectivity index (χ4n) is 8.80. The van der Waals surface area contributed by atoms with E-state index in [-0.39, 0.29) is 17.9 Å². The lowest BCUT2D eigenvalue weighted by Crippen LogP contribution is -2.48. The van der Waals surface area contributed by atoms with Crippen molar-refractivity contribution in [2.75, 3.05) is 108 Å². The lowest BCUT2D eigenvalue weighted by atomic mass is 9.95. The summed E-state index contributed by atoms with van der Waals surface area (Å²) in [6.07, 6.45) is 18.1. The molecule has 51 heavy (non-hydrogen) atoms. The largest absolute Gasteiger partial charge is 0.353 e. The number of nitrogens with one attached hydrogen (secondary N) is 1. The number of hydrogen-bond acceptors (Lipinski definition) is 13. The Labute approximate surface area is 303 Å². The van der Waals surface area contributed by atoms with Gasteiger partial charge in [-0.1, -0.05) is 0 Å². The molecular weight excluding hydrogens is 642 g/mol. The zero-order valence-corrected chi connectivity index (χ0v) is 30.7. The van der Waals surface area contributed by atoms with E-state index < -0.39 is 0 Å². The third-order valence-electron chi connectivity index (χ3n) is 12.0. The molecule has 1 amide bonds. The molecule has 1 N–H and O–H groups in total. The minimum Gasteiger partial charge on any atom is -0.353 e. The third-order valence-corrected chi connectivity index (χ3v) is 12.0. The van der Waals surface area contributed by atoms with Gasteiger partial charge in [0.15, 0.2) is 0 Å². The van der Waals surface area contributed by atoms with Crippen molar-refractivity contribution < 1.29 is 4.79 Å². The summed E-state index contributed by atoms with van der Waals surface area (Å²) < 4.78 is 0. The molecule has 0 bridgehead atoms. The number of nitrogens with zero attached hydrogens (tertiary/aromatic N) is 12. The summed E-state index contributed by atoms with van der Waals surface area (Å²) in [5, 5.41) is 3.44. The second-order valence-corrected chi connectivity index (χ2v) is 15.7. The van der Waals surface area contributed by atoms with Crippen LogP contribution in [0.15, 0.2) is 0 Å². The Kier molecular flexibility index (Phi) is 11.0. The molecule has 8 heterocycles. The second kappa shape index (κ2) is 16.3. The Morgan fingerprint density at radius 2 is 0.627 bits per heavy atom. The van der Waals surface area contributed by atoms with Crippen LogP contribution in [0.5, 0.6) is 0 Å². The average molecular weight is 702 g/mol. The van der Waals surface area contributed by atoms with E-state index in [9.17, 15) is 4.79 Å². The Balaban J connectivity index is 0.867. The highest BCUT2D eigenvalue weighted by Gasteiger charge is 2.31. The van der Waals surface area contributed by atoms with Crippen LogP contribution in [0.2, 0.25) is 0 Å². The first-order valence-electron chi connectivity index (χ1n) is 20.5. The molecule has 0 aromatic carbocycles. The molecule has 6 fully saturated rings. The van der Waals surface area contributed by atoms with Gasteiger partial charge in [-0.25, -0.2) is 0 Å². The molecule has 2 aromatic heterocycles. The van der Waals surface area contributed by atoms with E-state index in [2.05, 4.69) is 34.7 Å². The molecule has 6 aliphatic rings. The fraction of sp³-hybridized carbons (Fsp3) is 0.811. The van der Waals surface area contributed by atoms with E-state index in [1.807, 2.05) is 0 Å². The van der Waals surface area contributed by atoms with Crippen LogP contribution in [0.3, 0.4) is 0 Å². The number of amides is 1. The van der Waals surface area contributed by atoms with E-state index in [0.29, 0.717) is 0 Å². The molecule has 6 saturated heterocycles. The monoisotopic (exact) mass is 701 g/mol. The Morgan fingerprint density at radius 1 is 0.373 bits per heavy atom. The van der Waals surface area contributed by atoms with Crippen molar-refractivity contribution in [3.63, 3.8) is 0 Å². The highest BCUT2D eigenvalue weighted by molar-refractivity contribution is 5.79. The van der Waals surface area contributed by atoms with Gasteiger partial charge in [0.1, 0.15) is 0 Å². The second-order valence-electron chi connectivity index (χ2n) is 15.7. The van der Waals surface area contributed by atoms with Crippen LogP contribution in [-0.4, -0.2) is 120 Å². The summed E-state index contributed by atoms with van der Waals surface area (Å²) in [6, 6.07) is 0.180. The van der Waals surface area contributed by atoms with Crippen LogP contribution >= 0.6 is 0 Å². The van der Waals surface area contributed by atoms with Crippen molar-refractivity contribution in [1.82, 2.24) is 35.2 Å². The summed E-state index contributed by atoms with van der Waals surface area (Å²) in [5.41, 5.74) is 0. The zero-order valence-electron chi connectivity index (χ0n) is 30.7. The summed E-state index contributed by atoms with van der Waals surface area (Å²) >= 11 is 0. The lowest BCUT2D eigenvalue weighted by molar-refractivity contribution is -0.126. The van der Waals surface area contributed by atoms with Gasteiger partial charge in [-0.15, -0.1) is 0 Å². The van der Waals surface area contributed by atoms with Gasteiger partial charge in [-0.05, 0) is 103 Å². The maximum atomic E-state index is 13.6. The van der Waals surface area contributed by atoms with Gasteiger partial charge in [0, 0.05) is 90.5 Å². The maximum Gasteiger partial charge on any atom is 0.231 e. The van der Waals surface area contributed by atoms with E-state index in [0.717, 1.165) is 140 Å². The van der Waals surface area contributed by atoms with Gasteiger partial charge in [0.25, 0.3) is 0 Å². The van der Waals surface area contributed by atoms with Gasteiger partial charge < -0.3 is 34.7 Å². The average Bonchev–Trinajstić information content (AvgIpc) is 3.22. The molecule has 14 nitrogen and oxygen atoms in total. The summed E-state index contributed by atoms with van der Waals surface area (Å²) in [5.74, 6) is 5.13. The minimum absolute atomic E-state index is 0.0204. The van der Waals surface area contributed by atoms with Crippen molar-refractivity contribution in [1.29, 1.82) is 0 Å². The zero-order chi connectivity index (χ0) is 34.4. The van der Waals surface area contributed by atoms with Crippen LogP contribution in [0.4, 0.5) is 35.7 Å². The number of carbonyl (C=O) groups is 1. The number of aromatic nitrogens is 6. The first-order chi connectivity index (χ1) is 25.2. The number of rotatable bonds is 8. The van der Waals surface area contributed by atoms with Gasteiger partial charge in [-0.3, -0.25) is 4.79 Å². The SMILES string of the molecule is O=C(NC1CCN(c2nc(N3CCCCC3)nc(N3CCCCC3)n2)CC1)C1CCN(c2nc(N3CCCCC3)nc(N3CCCCC3)n2)CC1. The number of hydrogen-bond donors (Lipinski definition) is 1. The molecule has 0 spiro atoms. The molecule has 0 saturated carbocycles. The van der Waals surface area contributed by atoms with Crippen molar-refractivity contribution in [3.8, 4) is 0 Å². The quantitative estimate of drug-likeness (QED) is 0.427. The van der Waals surface area contributed by atoms with Crippen LogP contribution in [-0.2, 0) is 4.79 Å².